The van der Waals surface area contributed by atoms with Crippen LogP contribution in [0.15, 0.2) is 34.2 Å². The first-order valence-electron chi connectivity index (χ1n) is 11.7. The third kappa shape index (κ3) is 5.55. The van der Waals surface area contributed by atoms with E-state index in [-0.39, 0.29) is 28.5 Å². The molecule has 2 heterocycles. The maximum Gasteiger partial charge on any atom is 0.263 e. The highest BCUT2D eigenvalue weighted by Gasteiger charge is 2.35. The first kappa shape index (κ1) is 25.2. The Bertz CT molecular complexity index is 998. The second kappa shape index (κ2) is 10.6. The van der Waals surface area contributed by atoms with Crippen molar-refractivity contribution in [2.45, 2.75) is 45.1 Å². The fourth-order valence-electron chi connectivity index (χ4n) is 4.20. The number of rotatable bonds is 8. The molecule has 2 amide bonds. The summed E-state index contributed by atoms with van der Waals surface area (Å²) in [6.45, 7) is 11.9. The quantitative estimate of drug-likeness (QED) is 0.605. The van der Waals surface area contributed by atoms with Gasteiger partial charge in [0, 0.05) is 44.8 Å². The summed E-state index contributed by atoms with van der Waals surface area (Å²) in [7, 11) is -3.66. The van der Waals surface area contributed by atoms with Crippen LogP contribution in [0.25, 0.3) is 0 Å². The van der Waals surface area contributed by atoms with Gasteiger partial charge < -0.3 is 9.80 Å². The molecular formula is C23H35N5O4S. The van der Waals surface area contributed by atoms with Gasteiger partial charge in [-0.3, -0.25) is 24.2 Å². The van der Waals surface area contributed by atoms with Gasteiger partial charge in [0.05, 0.1) is 11.4 Å². The first-order chi connectivity index (χ1) is 15.7. The van der Waals surface area contributed by atoms with E-state index in [0.29, 0.717) is 51.4 Å². The van der Waals surface area contributed by atoms with Crippen molar-refractivity contribution in [3.05, 3.63) is 29.8 Å². The van der Waals surface area contributed by atoms with Gasteiger partial charge >= 0.3 is 0 Å². The van der Waals surface area contributed by atoms with Crippen molar-refractivity contribution < 1.29 is 18.0 Å². The van der Waals surface area contributed by atoms with E-state index in [2.05, 4.69) is 14.6 Å². The summed E-state index contributed by atoms with van der Waals surface area (Å²) >= 11 is 0. The Balaban J connectivity index is 1.72. The number of sulfonamides is 1. The van der Waals surface area contributed by atoms with Crippen LogP contribution in [0, 0.1) is 5.92 Å². The molecule has 0 spiro atoms. The van der Waals surface area contributed by atoms with Crippen LogP contribution in [0.4, 0.5) is 0 Å². The summed E-state index contributed by atoms with van der Waals surface area (Å²) < 4.78 is 27.4. The Morgan fingerprint density at radius 2 is 1.73 bits per heavy atom. The molecule has 0 aromatic heterocycles. The predicted octanol–water partition coefficient (Wildman–Crippen LogP) is 1.15. The number of hydrogen-bond acceptors (Lipinski definition) is 6. The minimum Gasteiger partial charge on any atom is -0.342 e. The average Bonchev–Trinajstić information content (AvgIpc) is 3.08. The number of likely N-dealkylation sites (N-methyl/N-ethyl adjacent to an activating group) is 1. The van der Waals surface area contributed by atoms with Gasteiger partial charge in [0.1, 0.15) is 11.9 Å². The third-order valence-corrected chi connectivity index (χ3v) is 7.92. The van der Waals surface area contributed by atoms with E-state index in [1.807, 2.05) is 32.6 Å². The van der Waals surface area contributed by atoms with E-state index in [1.54, 1.807) is 29.2 Å². The number of nitrogens with zero attached hydrogens (tertiary/aromatic N) is 4. The molecule has 0 saturated carbocycles. The SMILES string of the molecule is CC[C@H](C)[C@H](N=C1NS(=O)(=O)c2ccccc21)C(=O)N1CCN(CC(=O)N(CC)CC)CC1. The topological polar surface area (TPSA) is 102 Å². The second-order valence-electron chi connectivity index (χ2n) is 8.58. The molecule has 33 heavy (non-hydrogen) atoms. The van der Waals surface area contributed by atoms with Crippen LogP contribution in [0.3, 0.4) is 0 Å². The molecule has 0 bridgehead atoms. The Hall–Kier alpha value is -2.46. The number of aliphatic imine (C=N–C) groups is 1. The zero-order chi connectivity index (χ0) is 24.2. The molecule has 0 radical (unpaired) electrons. The molecule has 0 unspecified atom stereocenters. The summed E-state index contributed by atoms with van der Waals surface area (Å²) in [5, 5.41) is 0. The van der Waals surface area contributed by atoms with Crippen LogP contribution < -0.4 is 4.72 Å². The number of hydrogen-bond donors (Lipinski definition) is 1. The molecular weight excluding hydrogens is 442 g/mol. The van der Waals surface area contributed by atoms with Crippen molar-refractivity contribution in [3.63, 3.8) is 0 Å². The number of fused-ring (bicyclic) bond motifs is 1. The number of carbonyl (C=O) groups is 2. The van der Waals surface area contributed by atoms with Gasteiger partial charge in [0.25, 0.3) is 10.0 Å². The van der Waals surface area contributed by atoms with Gasteiger partial charge in [-0.2, -0.15) is 0 Å². The van der Waals surface area contributed by atoms with Crippen molar-refractivity contribution >= 4 is 27.7 Å². The summed E-state index contributed by atoms with van der Waals surface area (Å²) in [5.41, 5.74) is 0.498. The van der Waals surface area contributed by atoms with Gasteiger partial charge in [-0.05, 0) is 31.9 Å². The lowest BCUT2D eigenvalue weighted by atomic mass is 9.97. The lowest BCUT2D eigenvalue weighted by molar-refractivity contribution is -0.136. The Morgan fingerprint density at radius 3 is 2.33 bits per heavy atom. The molecule has 2 aliphatic rings. The number of piperazine rings is 1. The van der Waals surface area contributed by atoms with Gasteiger partial charge in [0.2, 0.25) is 11.8 Å². The van der Waals surface area contributed by atoms with Crippen LogP contribution in [0.2, 0.25) is 0 Å². The van der Waals surface area contributed by atoms with Gasteiger partial charge in [0.15, 0.2) is 0 Å². The van der Waals surface area contributed by atoms with Crippen molar-refractivity contribution in [1.29, 1.82) is 0 Å². The fourth-order valence-corrected chi connectivity index (χ4v) is 5.44. The summed E-state index contributed by atoms with van der Waals surface area (Å²) in [4.78, 5) is 36.3. The number of amidine groups is 1. The highest BCUT2D eigenvalue weighted by molar-refractivity contribution is 7.90. The van der Waals surface area contributed by atoms with Crippen molar-refractivity contribution in [2.75, 3.05) is 45.8 Å². The number of benzene rings is 1. The van der Waals surface area contributed by atoms with E-state index in [1.165, 1.54) is 0 Å². The zero-order valence-corrected chi connectivity index (χ0v) is 20.8. The minimum atomic E-state index is -3.66. The Morgan fingerprint density at radius 1 is 1.09 bits per heavy atom. The van der Waals surface area contributed by atoms with Gasteiger partial charge in [-0.15, -0.1) is 0 Å². The lowest BCUT2D eigenvalue weighted by Crippen LogP contribution is -2.54. The normalized spacial score (nSPS) is 20.7. The molecule has 1 fully saturated rings. The smallest absolute Gasteiger partial charge is 0.263 e. The van der Waals surface area contributed by atoms with Crippen LogP contribution in [-0.2, 0) is 19.6 Å². The summed E-state index contributed by atoms with van der Waals surface area (Å²) in [6, 6.07) is 6.00. The van der Waals surface area contributed by atoms with E-state index in [0.717, 1.165) is 6.42 Å². The maximum atomic E-state index is 13.4. The molecule has 1 aromatic carbocycles. The Labute approximate surface area is 196 Å². The number of nitrogens with one attached hydrogen (secondary N) is 1. The van der Waals surface area contributed by atoms with Crippen molar-refractivity contribution in [2.24, 2.45) is 10.9 Å². The summed E-state index contributed by atoms with van der Waals surface area (Å²) in [6.07, 6.45) is 0.736. The molecule has 1 aromatic rings. The molecule has 1 saturated heterocycles. The summed E-state index contributed by atoms with van der Waals surface area (Å²) in [5.74, 6) is 0.184. The molecule has 182 valence electrons. The molecule has 0 aliphatic carbocycles. The average molecular weight is 478 g/mol. The monoisotopic (exact) mass is 477 g/mol. The molecule has 1 N–H and O–H groups in total. The Kier molecular flexibility index (Phi) is 8.12. The highest BCUT2D eigenvalue weighted by Crippen LogP contribution is 2.24. The predicted molar refractivity (Wildman–Crippen MR) is 127 cm³/mol. The van der Waals surface area contributed by atoms with Crippen LogP contribution in [-0.4, -0.2) is 92.6 Å². The highest BCUT2D eigenvalue weighted by atomic mass is 32.2. The lowest BCUT2D eigenvalue weighted by Gasteiger charge is -2.37. The number of carbonyl (C=O) groups excluding carboxylic acids is 2. The molecule has 9 nitrogen and oxygen atoms in total. The van der Waals surface area contributed by atoms with Crippen LogP contribution in [0.1, 0.15) is 39.7 Å². The maximum absolute atomic E-state index is 13.4. The van der Waals surface area contributed by atoms with E-state index in [9.17, 15) is 18.0 Å². The van der Waals surface area contributed by atoms with E-state index in [4.69, 9.17) is 0 Å². The largest absolute Gasteiger partial charge is 0.342 e. The van der Waals surface area contributed by atoms with E-state index >= 15 is 0 Å². The number of amides is 2. The minimum absolute atomic E-state index is 0.0514. The second-order valence-corrected chi connectivity index (χ2v) is 10.2. The molecule has 10 heteroatoms. The first-order valence-corrected chi connectivity index (χ1v) is 13.2. The van der Waals surface area contributed by atoms with Crippen LogP contribution >= 0.6 is 0 Å². The van der Waals surface area contributed by atoms with Gasteiger partial charge in [-0.25, -0.2) is 8.42 Å². The molecule has 2 aliphatic heterocycles. The van der Waals surface area contributed by atoms with Gasteiger partial charge in [-0.1, -0.05) is 32.4 Å². The standard InChI is InChI=1S/C23H35N5O4S/c1-5-17(4)21(24-22-18-10-8-9-11-19(18)33(31,32)25-22)23(30)28-14-12-26(13-15-28)16-20(29)27(6-2)7-3/h8-11,17,21H,5-7,12-16H2,1-4H3,(H,24,25)/t17-,21-/m0/s1. The molecule has 2 atom stereocenters. The van der Waals surface area contributed by atoms with Crippen molar-refractivity contribution in [3.8, 4) is 0 Å². The third-order valence-electron chi connectivity index (χ3n) is 6.53. The fraction of sp³-hybridized carbons (Fsp3) is 0.609. The van der Waals surface area contributed by atoms with E-state index < -0.39 is 16.1 Å². The van der Waals surface area contributed by atoms with Crippen LogP contribution in [0.5, 0.6) is 0 Å². The molecule has 3 rings (SSSR count). The zero-order valence-electron chi connectivity index (χ0n) is 20.0. The van der Waals surface area contributed by atoms with Crippen molar-refractivity contribution in [1.82, 2.24) is 19.4 Å².